The Morgan fingerprint density at radius 1 is 1.24 bits per heavy atom. The summed E-state index contributed by atoms with van der Waals surface area (Å²) in [4.78, 5) is 2.42. The molecule has 1 saturated heterocycles. The Kier molecular flexibility index (Phi) is 5.74. The van der Waals surface area contributed by atoms with Crippen LogP contribution in [0.4, 0.5) is 5.69 Å². The van der Waals surface area contributed by atoms with Gasteiger partial charge in [0.1, 0.15) is 0 Å². The molecule has 0 saturated carbocycles. The monoisotopic (exact) mass is 292 g/mol. The molecule has 0 aromatic heterocycles. The summed E-state index contributed by atoms with van der Waals surface area (Å²) in [5.41, 5.74) is 7.49. The van der Waals surface area contributed by atoms with Crippen LogP contribution in [0.25, 0.3) is 0 Å². The first-order valence-corrected chi connectivity index (χ1v) is 7.92. The average molecular weight is 292 g/mol. The zero-order chi connectivity index (χ0) is 15.2. The summed E-state index contributed by atoms with van der Waals surface area (Å²) in [7, 11) is 3.34. The Labute approximate surface area is 128 Å². The summed E-state index contributed by atoms with van der Waals surface area (Å²) < 4.78 is 10.7. The van der Waals surface area contributed by atoms with Gasteiger partial charge in [0, 0.05) is 30.9 Å². The van der Waals surface area contributed by atoms with Gasteiger partial charge in [0.2, 0.25) is 0 Å². The quantitative estimate of drug-likeness (QED) is 0.875. The largest absolute Gasteiger partial charge is 0.493 e. The Balaban J connectivity index is 2.10. The lowest BCUT2D eigenvalue weighted by Gasteiger charge is -2.38. The SMILES string of the molecule is CCCC[C@H]1CN(c2ccc(OC)c(OC)c2)CCC1N. The minimum absolute atomic E-state index is 0.341. The fourth-order valence-electron chi connectivity index (χ4n) is 3.08. The molecule has 1 aliphatic rings. The van der Waals surface area contributed by atoms with E-state index < -0.39 is 0 Å². The van der Waals surface area contributed by atoms with Gasteiger partial charge < -0.3 is 20.1 Å². The van der Waals surface area contributed by atoms with Crippen LogP contribution in [0.15, 0.2) is 18.2 Å². The predicted octanol–water partition coefficient (Wildman–Crippen LogP) is 3.05. The number of hydrogen-bond donors (Lipinski definition) is 1. The van der Waals surface area contributed by atoms with E-state index in [-0.39, 0.29) is 0 Å². The lowest BCUT2D eigenvalue weighted by molar-refractivity contribution is 0.329. The number of nitrogens with two attached hydrogens (primary N) is 1. The number of anilines is 1. The molecule has 1 fully saturated rings. The predicted molar refractivity (Wildman–Crippen MR) is 87.4 cm³/mol. The molecule has 21 heavy (non-hydrogen) atoms. The fraction of sp³-hybridized carbons (Fsp3) is 0.647. The first-order chi connectivity index (χ1) is 10.2. The van der Waals surface area contributed by atoms with E-state index in [1.165, 1.54) is 24.9 Å². The molecule has 0 aliphatic carbocycles. The Morgan fingerprint density at radius 3 is 2.67 bits per heavy atom. The van der Waals surface area contributed by atoms with Crippen molar-refractivity contribution in [2.45, 2.75) is 38.6 Å². The standard InChI is InChI=1S/C17H28N2O2/c1-4-5-6-13-12-19(10-9-15(13)18)14-7-8-16(20-2)17(11-14)21-3/h7-8,11,13,15H,4-6,9-10,12,18H2,1-3H3/t13-,15?/m0/s1. The molecule has 1 heterocycles. The number of benzene rings is 1. The van der Waals surface area contributed by atoms with Gasteiger partial charge >= 0.3 is 0 Å². The summed E-state index contributed by atoms with van der Waals surface area (Å²) in [5.74, 6) is 2.15. The van der Waals surface area contributed by atoms with Gasteiger partial charge in [-0.2, -0.15) is 0 Å². The van der Waals surface area contributed by atoms with Crippen molar-refractivity contribution in [3.8, 4) is 11.5 Å². The van der Waals surface area contributed by atoms with Crippen molar-refractivity contribution in [3.63, 3.8) is 0 Å². The first kappa shape index (κ1) is 16.0. The van der Waals surface area contributed by atoms with Crippen LogP contribution in [0.5, 0.6) is 11.5 Å². The van der Waals surface area contributed by atoms with E-state index in [0.717, 1.165) is 31.0 Å². The van der Waals surface area contributed by atoms with Crippen LogP contribution in [0.1, 0.15) is 32.6 Å². The smallest absolute Gasteiger partial charge is 0.162 e. The number of nitrogens with zero attached hydrogens (tertiary/aromatic N) is 1. The van der Waals surface area contributed by atoms with Crippen LogP contribution in [0, 0.1) is 5.92 Å². The molecule has 0 amide bonds. The van der Waals surface area contributed by atoms with Crippen molar-refractivity contribution < 1.29 is 9.47 Å². The minimum Gasteiger partial charge on any atom is -0.493 e. The summed E-state index contributed by atoms with van der Waals surface area (Å²) in [5, 5.41) is 0. The summed E-state index contributed by atoms with van der Waals surface area (Å²) in [6, 6.07) is 6.48. The third-order valence-corrected chi connectivity index (χ3v) is 4.45. The molecule has 1 aromatic carbocycles. The van der Waals surface area contributed by atoms with Gasteiger partial charge in [-0.25, -0.2) is 0 Å². The highest BCUT2D eigenvalue weighted by Gasteiger charge is 2.26. The normalized spacial score (nSPS) is 22.2. The van der Waals surface area contributed by atoms with Crippen molar-refractivity contribution in [1.29, 1.82) is 0 Å². The van der Waals surface area contributed by atoms with Crippen LogP contribution < -0.4 is 20.1 Å². The molecule has 4 nitrogen and oxygen atoms in total. The van der Waals surface area contributed by atoms with Crippen molar-refractivity contribution >= 4 is 5.69 Å². The second-order valence-electron chi connectivity index (χ2n) is 5.84. The number of piperidine rings is 1. The molecule has 2 atom stereocenters. The fourth-order valence-corrected chi connectivity index (χ4v) is 3.08. The van der Waals surface area contributed by atoms with Gasteiger partial charge in [-0.05, 0) is 30.9 Å². The zero-order valence-corrected chi connectivity index (χ0v) is 13.5. The summed E-state index contributed by atoms with van der Waals surface area (Å²) >= 11 is 0. The van der Waals surface area contributed by atoms with E-state index in [1.807, 2.05) is 6.07 Å². The Bertz CT molecular complexity index is 450. The lowest BCUT2D eigenvalue weighted by Crippen LogP contribution is -2.47. The number of unbranched alkanes of at least 4 members (excludes halogenated alkanes) is 1. The number of ether oxygens (including phenoxy) is 2. The van der Waals surface area contributed by atoms with Crippen LogP contribution in [-0.2, 0) is 0 Å². The molecule has 1 unspecified atom stereocenters. The molecule has 4 heteroatoms. The number of rotatable bonds is 6. The molecular formula is C17H28N2O2. The van der Waals surface area contributed by atoms with Crippen LogP contribution >= 0.6 is 0 Å². The molecule has 0 bridgehead atoms. The lowest BCUT2D eigenvalue weighted by atomic mass is 9.88. The van der Waals surface area contributed by atoms with Gasteiger partial charge in [0.05, 0.1) is 14.2 Å². The molecule has 0 spiro atoms. The Hall–Kier alpha value is -1.42. The highest BCUT2D eigenvalue weighted by molar-refractivity contribution is 5.56. The first-order valence-electron chi connectivity index (χ1n) is 7.92. The maximum Gasteiger partial charge on any atom is 0.162 e. The summed E-state index contributed by atoms with van der Waals surface area (Å²) in [6.45, 7) is 4.29. The van der Waals surface area contributed by atoms with E-state index in [4.69, 9.17) is 15.2 Å². The van der Waals surface area contributed by atoms with E-state index >= 15 is 0 Å². The second kappa shape index (κ2) is 7.55. The number of methoxy groups -OCH3 is 2. The average Bonchev–Trinajstić information content (AvgIpc) is 2.53. The van der Waals surface area contributed by atoms with Gasteiger partial charge in [0.25, 0.3) is 0 Å². The van der Waals surface area contributed by atoms with E-state index in [2.05, 4.69) is 24.0 Å². The molecule has 2 N–H and O–H groups in total. The van der Waals surface area contributed by atoms with Gasteiger partial charge in [-0.1, -0.05) is 19.8 Å². The summed E-state index contributed by atoms with van der Waals surface area (Å²) in [6.07, 6.45) is 4.78. The zero-order valence-electron chi connectivity index (χ0n) is 13.5. The van der Waals surface area contributed by atoms with Crippen molar-refractivity contribution in [2.24, 2.45) is 11.7 Å². The molecule has 2 rings (SSSR count). The minimum atomic E-state index is 0.341. The molecule has 0 radical (unpaired) electrons. The van der Waals surface area contributed by atoms with Crippen LogP contribution in [-0.4, -0.2) is 33.4 Å². The van der Waals surface area contributed by atoms with Crippen LogP contribution in [0.3, 0.4) is 0 Å². The highest BCUT2D eigenvalue weighted by Crippen LogP contribution is 2.33. The highest BCUT2D eigenvalue weighted by atomic mass is 16.5. The van der Waals surface area contributed by atoms with Crippen molar-refractivity contribution in [1.82, 2.24) is 0 Å². The molecular weight excluding hydrogens is 264 g/mol. The maximum atomic E-state index is 6.29. The van der Waals surface area contributed by atoms with E-state index in [0.29, 0.717) is 12.0 Å². The van der Waals surface area contributed by atoms with Gasteiger partial charge in [0.15, 0.2) is 11.5 Å². The topological polar surface area (TPSA) is 47.7 Å². The van der Waals surface area contributed by atoms with Crippen molar-refractivity contribution in [3.05, 3.63) is 18.2 Å². The Morgan fingerprint density at radius 2 is 2.00 bits per heavy atom. The maximum absolute atomic E-state index is 6.29. The van der Waals surface area contributed by atoms with Gasteiger partial charge in [-0.15, -0.1) is 0 Å². The third kappa shape index (κ3) is 3.82. The second-order valence-corrected chi connectivity index (χ2v) is 5.84. The van der Waals surface area contributed by atoms with Crippen molar-refractivity contribution in [2.75, 3.05) is 32.2 Å². The van der Waals surface area contributed by atoms with E-state index in [1.54, 1.807) is 14.2 Å². The molecule has 1 aromatic rings. The number of hydrogen-bond acceptors (Lipinski definition) is 4. The van der Waals surface area contributed by atoms with E-state index in [9.17, 15) is 0 Å². The molecule has 1 aliphatic heterocycles. The van der Waals surface area contributed by atoms with Crippen LogP contribution in [0.2, 0.25) is 0 Å². The van der Waals surface area contributed by atoms with Gasteiger partial charge in [-0.3, -0.25) is 0 Å². The third-order valence-electron chi connectivity index (χ3n) is 4.45. The molecule has 118 valence electrons.